The third kappa shape index (κ3) is 2.90. The molecule has 0 aliphatic heterocycles. The average molecular weight is 261 g/mol. The lowest BCUT2D eigenvalue weighted by Gasteiger charge is -2.08. The molecule has 1 heterocycles. The highest BCUT2D eigenvalue weighted by atomic mass is 32.1. The normalized spacial score (nSPS) is 10.1. The second-order valence-corrected chi connectivity index (χ2v) is 5.19. The van der Waals surface area contributed by atoms with Gasteiger partial charge in [0.15, 0.2) is 0 Å². The van der Waals surface area contributed by atoms with Crippen LogP contribution in [0.5, 0.6) is 5.75 Å². The quantitative estimate of drug-likeness (QED) is 0.918. The lowest BCUT2D eigenvalue weighted by Crippen LogP contribution is -2.22. The van der Waals surface area contributed by atoms with E-state index in [2.05, 4.69) is 5.32 Å². The number of para-hydroxylation sites is 1. The van der Waals surface area contributed by atoms with Crippen LogP contribution < -0.4 is 10.1 Å². The van der Waals surface area contributed by atoms with Crippen molar-refractivity contribution in [3.05, 3.63) is 51.7 Å². The van der Waals surface area contributed by atoms with Gasteiger partial charge in [-0.05, 0) is 25.1 Å². The highest BCUT2D eigenvalue weighted by Crippen LogP contribution is 2.18. The molecular weight excluding hydrogens is 246 g/mol. The van der Waals surface area contributed by atoms with Gasteiger partial charge in [-0.15, -0.1) is 11.3 Å². The summed E-state index contributed by atoms with van der Waals surface area (Å²) >= 11 is 1.50. The molecule has 0 saturated heterocycles. The van der Waals surface area contributed by atoms with Gasteiger partial charge in [0.25, 0.3) is 5.91 Å². The maximum Gasteiger partial charge on any atom is 0.261 e. The fraction of sp³-hybridized carbons (Fsp3) is 0.214. The third-order valence-electron chi connectivity index (χ3n) is 2.60. The molecule has 18 heavy (non-hydrogen) atoms. The summed E-state index contributed by atoms with van der Waals surface area (Å²) in [6, 6.07) is 11.5. The fourth-order valence-electron chi connectivity index (χ4n) is 1.67. The van der Waals surface area contributed by atoms with E-state index in [1.54, 1.807) is 7.11 Å². The summed E-state index contributed by atoms with van der Waals surface area (Å²) in [6.07, 6.45) is 0. The van der Waals surface area contributed by atoms with Crippen molar-refractivity contribution in [2.24, 2.45) is 0 Å². The van der Waals surface area contributed by atoms with Crippen LogP contribution in [0.4, 0.5) is 0 Å². The molecule has 2 rings (SSSR count). The predicted molar refractivity (Wildman–Crippen MR) is 73.2 cm³/mol. The number of hydrogen-bond acceptors (Lipinski definition) is 3. The molecule has 1 N–H and O–H groups in total. The van der Waals surface area contributed by atoms with E-state index in [-0.39, 0.29) is 5.91 Å². The van der Waals surface area contributed by atoms with Gasteiger partial charge in [-0.3, -0.25) is 4.79 Å². The second kappa shape index (κ2) is 5.69. The summed E-state index contributed by atoms with van der Waals surface area (Å²) in [6.45, 7) is 2.46. The largest absolute Gasteiger partial charge is 0.496 e. The summed E-state index contributed by atoms with van der Waals surface area (Å²) in [4.78, 5) is 13.8. The molecule has 1 aromatic carbocycles. The minimum Gasteiger partial charge on any atom is -0.496 e. The Kier molecular flexibility index (Phi) is 3.99. The van der Waals surface area contributed by atoms with Crippen LogP contribution in [0.15, 0.2) is 36.4 Å². The molecule has 0 aliphatic rings. The van der Waals surface area contributed by atoms with Gasteiger partial charge >= 0.3 is 0 Å². The minimum absolute atomic E-state index is 0.0426. The van der Waals surface area contributed by atoms with Gasteiger partial charge in [0.1, 0.15) is 5.75 Å². The Balaban J connectivity index is 2.01. The number of rotatable bonds is 4. The number of carbonyl (C=O) groups is 1. The molecule has 4 heteroatoms. The summed E-state index contributed by atoms with van der Waals surface area (Å²) < 4.78 is 5.24. The Morgan fingerprint density at radius 3 is 2.72 bits per heavy atom. The van der Waals surface area contributed by atoms with Crippen LogP contribution >= 0.6 is 11.3 Å². The standard InChI is InChI=1S/C14H15NO2S/c1-10-7-8-13(18-10)14(16)15-9-11-5-3-4-6-12(11)17-2/h3-8H,9H2,1-2H3,(H,15,16). The van der Waals surface area contributed by atoms with Crippen LogP contribution in [-0.2, 0) is 6.54 Å². The summed E-state index contributed by atoms with van der Waals surface area (Å²) in [5.41, 5.74) is 0.974. The summed E-state index contributed by atoms with van der Waals surface area (Å²) in [7, 11) is 1.63. The first-order valence-corrected chi connectivity index (χ1v) is 6.49. The van der Waals surface area contributed by atoms with Crippen molar-refractivity contribution in [3.63, 3.8) is 0 Å². The number of thiophene rings is 1. The van der Waals surface area contributed by atoms with Crippen LogP contribution in [0.3, 0.4) is 0 Å². The van der Waals surface area contributed by atoms with E-state index >= 15 is 0 Å². The van der Waals surface area contributed by atoms with E-state index in [1.807, 2.05) is 43.3 Å². The maximum absolute atomic E-state index is 11.9. The Morgan fingerprint density at radius 1 is 1.28 bits per heavy atom. The van der Waals surface area contributed by atoms with Crippen LogP contribution in [0.25, 0.3) is 0 Å². The van der Waals surface area contributed by atoms with Crippen molar-refractivity contribution in [2.75, 3.05) is 7.11 Å². The topological polar surface area (TPSA) is 38.3 Å². The van der Waals surface area contributed by atoms with Crippen molar-refractivity contribution in [3.8, 4) is 5.75 Å². The SMILES string of the molecule is COc1ccccc1CNC(=O)c1ccc(C)s1. The Bertz CT molecular complexity index is 548. The van der Waals surface area contributed by atoms with Crippen LogP contribution in [-0.4, -0.2) is 13.0 Å². The molecule has 0 atom stereocenters. The molecule has 94 valence electrons. The monoisotopic (exact) mass is 261 g/mol. The number of benzene rings is 1. The van der Waals surface area contributed by atoms with E-state index in [0.29, 0.717) is 6.54 Å². The minimum atomic E-state index is -0.0426. The number of aryl methyl sites for hydroxylation is 1. The van der Waals surface area contributed by atoms with Crippen molar-refractivity contribution in [2.45, 2.75) is 13.5 Å². The number of hydrogen-bond donors (Lipinski definition) is 1. The molecule has 0 bridgehead atoms. The molecule has 0 spiro atoms. The van der Waals surface area contributed by atoms with Gasteiger partial charge in [0.05, 0.1) is 12.0 Å². The first-order valence-electron chi connectivity index (χ1n) is 5.67. The lowest BCUT2D eigenvalue weighted by molar-refractivity contribution is 0.0955. The molecule has 0 saturated carbocycles. The smallest absolute Gasteiger partial charge is 0.261 e. The molecule has 0 aliphatic carbocycles. The van der Waals surface area contributed by atoms with Crippen molar-refractivity contribution in [1.82, 2.24) is 5.32 Å². The number of carbonyl (C=O) groups excluding carboxylic acids is 1. The highest BCUT2D eigenvalue weighted by Gasteiger charge is 2.08. The van der Waals surface area contributed by atoms with Crippen LogP contribution in [0.2, 0.25) is 0 Å². The van der Waals surface area contributed by atoms with Gasteiger partial charge in [0, 0.05) is 17.0 Å². The van der Waals surface area contributed by atoms with E-state index in [1.165, 1.54) is 11.3 Å². The molecule has 3 nitrogen and oxygen atoms in total. The van der Waals surface area contributed by atoms with Crippen molar-refractivity contribution < 1.29 is 9.53 Å². The van der Waals surface area contributed by atoms with Gasteiger partial charge in [0.2, 0.25) is 0 Å². The Labute approximate surface area is 110 Å². The molecule has 1 aromatic heterocycles. The van der Waals surface area contributed by atoms with Gasteiger partial charge in [-0.25, -0.2) is 0 Å². The zero-order valence-electron chi connectivity index (χ0n) is 10.4. The maximum atomic E-state index is 11.9. The fourth-order valence-corrected chi connectivity index (χ4v) is 2.45. The van der Waals surface area contributed by atoms with Gasteiger partial charge in [-0.1, -0.05) is 18.2 Å². The van der Waals surface area contributed by atoms with E-state index in [4.69, 9.17) is 4.74 Å². The Morgan fingerprint density at radius 2 is 2.06 bits per heavy atom. The zero-order chi connectivity index (χ0) is 13.0. The summed E-state index contributed by atoms with van der Waals surface area (Å²) in [5, 5.41) is 2.89. The molecule has 0 unspecified atom stereocenters. The second-order valence-electron chi connectivity index (χ2n) is 3.90. The van der Waals surface area contributed by atoms with Crippen molar-refractivity contribution >= 4 is 17.2 Å². The Hall–Kier alpha value is -1.81. The predicted octanol–water partition coefficient (Wildman–Crippen LogP) is 3.00. The van der Waals surface area contributed by atoms with E-state index < -0.39 is 0 Å². The first-order chi connectivity index (χ1) is 8.70. The lowest BCUT2D eigenvalue weighted by atomic mass is 10.2. The average Bonchev–Trinajstić information content (AvgIpc) is 2.83. The molecule has 0 fully saturated rings. The first kappa shape index (κ1) is 12.6. The number of ether oxygens (including phenoxy) is 1. The van der Waals surface area contributed by atoms with Crippen LogP contribution in [0.1, 0.15) is 20.1 Å². The molecule has 0 radical (unpaired) electrons. The number of amides is 1. The summed E-state index contributed by atoms with van der Waals surface area (Å²) in [5.74, 6) is 0.749. The highest BCUT2D eigenvalue weighted by molar-refractivity contribution is 7.13. The molecular formula is C14H15NO2S. The number of methoxy groups -OCH3 is 1. The van der Waals surface area contributed by atoms with Gasteiger partial charge in [-0.2, -0.15) is 0 Å². The van der Waals surface area contributed by atoms with Gasteiger partial charge < -0.3 is 10.1 Å². The van der Waals surface area contributed by atoms with E-state index in [0.717, 1.165) is 21.1 Å². The number of nitrogens with one attached hydrogen (secondary N) is 1. The third-order valence-corrected chi connectivity index (χ3v) is 3.60. The van der Waals surface area contributed by atoms with Crippen LogP contribution in [0, 0.1) is 6.92 Å². The van der Waals surface area contributed by atoms with E-state index in [9.17, 15) is 4.79 Å². The molecule has 1 amide bonds. The molecule has 2 aromatic rings. The van der Waals surface area contributed by atoms with Crippen molar-refractivity contribution in [1.29, 1.82) is 0 Å². The zero-order valence-corrected chi connectivity index (χ0v) is 11.2.